The minimum Gasteiger partial charge on any atom is -0.357 e. The van der Waals surface area contributed by atoms with Gasteiger partial charge in [-0.1, -0.05) is 24.3 Å². The van der Waals surface area contributed by atoms with Crippen LogP contribution in [0.5, 0.6) is 0 Å². The van der Waals surface area contributed by atoms with Gasteiger partial charge in [0, 0.05) is 13.0 Å². The number of rotatable bonds is 2. The number of benzene rings is 1. The SMILES string of the molecule is CNC(=O)C1Cn2c(C)nnc2CN1C(=O)C1Cc2ccccc2C1. The molecule has 1 aliphatic carbocycles. The van der Waals surface area contributed by atoms with Gasteiger partial charge in [-0.3, -0.25) is 9.59 Å². The van der Waals surface area contributed by atoms with E-state index < -0.39 is 6.04 Å². The summed E-state index contributed by atoms with van der Waals surface area (Å²) in [5.41, 5.74) is 2.46. The molecule has 1 aromatic carbocycles. The maximum atomic E-state index is 13.2. The Kier molecular flexibility index (Phi) is 3.78. The first-order valence-corrected chi connectivity index (χ1v) is 8.56. The first-order valence-electron chi connectivity index (χ1n) is 8.56. The molecule has 0 saturated heterocycles. The van der Waals surface area contributed by atoms with Crippen molar-refractivity contribution in [3.63, 3.8) is 0 Å². The van der Waals surface area contributed by atoms with E-state index in [1.165, 1.54) is 11.1 Å². The van der Waals surface area contributed by atoms with E-state index in [1.807, 2.05) is 23.6 Å². The molecule has 2 aliphatic rings. The van der Waals surface area contributed by atoms with E-state index in [2.05, 4.69) is 27.6 Å². The zero-order chi connectivity index (χ0) is 17.6. The van der Waals surface area contributed by atoms with Gasteiger partial charge < -0.3 is 14.8 Å². The van der Waals surface area contributed by atoms with Crippen LogP contribution in [-0.4, -0.2) is 44.6 Å². The van der Waals surface area contributed by atoms with E-state index in [1.54, 1.807) is 11.9 Å². The third-order valence-corrected chi connectivity index (χ3v) is 5.29. The highest BCUT2D eigenvalue weighted by atomic mass is 16.2. The lowest BCUT2D eigenvalue weighted by Gasteiger charge is -2.36. The average molecular weight is 339 g/mol. The number of amides is 2. The Morgan fingerprint density at radius 2 is 1.84 bits per heavy atom. The molecule has 0 bridgehead atoms. The predicted molar refractivity (Wildman–Crippen MR) is 90.5 cm³/mol. The second kappa shape index (κ2) is 5.98. The van der Waals surface area contributed by atoms with Crippen LogP contribution in [0.2, 0.25) is 0 Å². The number of carbonyl (C=O) groups excluding carboxylic acids is 2. The Bertz CT molecular complexity index is 819. The Labute approximate surface area is 146 Å². The predicted octanol–water partition coefficient (Wildman–Crippen LogP) is 0.458. The molecule has 2 aromatic rings. The molecule has 0 fully saturated rings. The van der Waals surface area contributed by atoms with Crippen molar-refractivity contribution in [2.45, 2.75) is 38.9 Å². The molecule has 1 aliphatic heterocycles. The van der Waals surface area contributed by atoms with Gasteiger partial charge >= 0.3 is 0 Å². The summed E-state index contributed by atoms with van der Waals surface area (Å²) in [6, 6.07) is 7.64. The van der Waals surface area contributed by atoms with Crippen LogP contribution in [0.4, 0.5) is 0 Å². The topological polar surface area (TPSA) is 80.1 Å². The van der Waals surface area contributed by atoms with Crippen LogP contribution in [0.1, 0.15) is 22.8 Å². The summed E-state index contributed by atoms with van der Waals surface area (Å²) < 4.78 is 1.92. The lowest BCUT2D eigenvalue weighted by molar-refractivity contribution is -0.146. The molecule has 2 amide bonds. The largest absolute Gasteiger partial charge is 0.357 e. The summed E-state index contributed by atoms with van der Waals surface area (Å²) in [7, 11) is 1.60. The standard InChI is InChI=1S/C18H21N5O2/c1-11-20-21-16-10-23(15(9-22(11)16)17(24)19-2)18(25)14-7-12-5-3-4-6-13(12)8-14/h3-6,14-15H,7-10H2,1-2H3,(H,19,24). The molecule has 7 heteroatoms. The van der Waals surface area contributed by atoms with E-state index in [-0.39, 0.29) is 17.7 Å². The van der Waals surface area contributed by atoms with Crippen LogP contribution in [0.25, 0.3) is 0 Å². The molecule has 1 N–H and O–H groups in total. The summed E-state index contributed by atoms with van der Waals surface area (Å²) in [6.45, 7) is 2.59. The maximum Gasteiger partial charge on any atom is 0.244 e. The van der Waals surface area contributed by atoms with Crippen molar-refractivity contribution in [3.05, 3.63) is 47.0 Å². The van der Waals surface area contributed by atoms with E-state index in [9.17, 15) is 9.59 Å². The molecule has 7 nitrogen and oxygen atoms in total. The number of aromatic nitrogens is 3. The van der Waals surface area contributed by atoms with Crippen molar-refractivity contribution in [1.29, 1.82) is 0 Å². The average Bonchev–Trinajstić information content (AvgIpc) is 3.23. The summed E-state index contributed by atoms with van der Waals surface area (Å²) in [5.74, 6) is 1.27. The Morgan fingerprint density at radius 1 is 1.16 bits per heavy atom. The van der Waals surface area contributed by atoms with Crippen LogP contribution >= 0.6 is 0 Å². The molecule has 1 aromatic heterocycles. The lowest BCUT2D eigenvalue weighted by Crippen LogP contribution is -2.55. The van der Waals surface area contributed by atoms with Crippen molar-refractivity contribution >= 4 is 11.8 Å². The van der Waals surface area contributed by atoms with E-state index in [4.69, 9.17) is 0 Å². The minimum atomic E-state index is -0.525. The van der Waals surface area contributed by atoms with E-state index >= 15 is 0 Å². The number of nitrogens with one attached hydrogen (secondary N) is 1. The number of hydrogen-bond donors (Lipinski definition) is 1. The van der Waals surface area contributed by atoms with Crippen molar-refractivity contribution in [2.75, 3.05) is 7.05 Å². The van der Waals surface area contributed by atoms with Crippen molar-refractivity contribution in [3.8, 4) is 0 Å². The number of carbonyl (C=O) groups is 2. The monoisotopic (exact) mass is 339 g/mol. The van der Waals surface area contributed by atoms with Crippen LogP contribution in [0, 0.1) is 12.8 Å². The molecular formula is C18H21N5O2. The fourth-order valence-corrected chi connectivity index (χ4v) is 3.90. The summed E-state index contributed by atoms with van der Waals surface area (Å²) in [5, 5.41) is 10.9. The van der Waals surface area contributed by atoms with Crippen molar-refractivity contribution < 1.29 is 9.59 Å². The lowest BCUT2D eigenvalue weighted by atomic mass is 10.0. The normalized spacial score (nSPS) is 19.4. The first-order chi connectivity index (χ1) is 12.1. The zero-order valence-corrected chi connectivity index (χ0v) is 14.4. The van der Waals surface area contributed by atoms with Gasteiger partial charge in [-0.05, 0) is 30.9 Å². The second-order valence-electron chi connectivity index (χ2n) is 6.74. The number of nitrogens with zero attached hydrogens (tertiary/aromatic N) is 4. The molecule has 0 saturated carbocycles. The number of likely N-dealkylation sites (N-methyl/N-ethyl adjacent to an activating group) is 1. The Balaban J connectivity index is 1.61. The molecule has 1 unspecified atom stereocenters. The Hall–Kier alpha value is -2.70. The number of hydrogen-bond acceptors (Lipinski definition) is 4. The number of fused-ring (bicyclic) bond motifs is 2. The highest BCUT2D eigenvalue weighted by Crippen LogP contribution is 2.30. The molecule has 1 atom stereocenters. The van der Waals surface area contributed by atoms with Crippen LogP contribution in [0.3, 0.4) is 0 Å². The van der Waals surface area contributed by atoms with Crippen LogP contribution in [0.15, 0.2) is 24.3 Å². The van der Waals surface area contributed by atoms with Gasteiger partial charge in [0.25, 0.3) is 0 Å². The summed E-state index contributed by atoms with van der Waals surface area (Å²) >= 11 is 0. The Morgan fingerprint density at radius 3 is 2.48 bits per heavy atom. The minimum absolute atomic E-state index is 0.0247. The zero-order valence-electron chi connectivity index (χ0n) is 14.4. The van der Waals surface area contributed by atoms with E-state index in [0.717, 1.165) is 24.5 Å². The molecular weight excluding hydrogens is 318 g/mol. The maximum absolute atomic E-state index is 13.2. The van der Waals surface area contributed by atoms with Gasteiger partial charge in [-0.15, -0.1) is 10.2 Å². The summed E-state index contributed by atoms with van der Waals surface area (Å²) in [6.07, 6.45) is 1.47. The quantitative estimate of drug-likeness (QED) is 0.862. The van der Waals surface area contributed by atoms with Crippen LogP contribution < -0.4 is 5.32 Å². The van der Waals surface area contributed by atoms with Gasteiger partial charge in [0.05, 0.1) is 13.1 Å². The molecule has 2 heterocycles. The van der Waals surface area contributed by atoms with Gasteiger partial charge in [-0.25, -0.2) is 0 Å². The highest BCUT2D eigenvalue weighted by Gasteiger charge is 2.40. The van der Waals surface area contributed by atoms with Crippen molar-refractivity contribution in [2.24, 2.45) is 5.92 Å². The van der Waals surface area contributed by atoms with Crippen molar-refractivity contribution in [1.82, 2.24) is 25.0 Å². The second-order valence-corrected chi connectivity index (χ2v) is 6.74. The molecule has 25 heavy (non-hydrogen) atoms. The van der Waals surface area contributed by atoms with E-state index in [0.29, 0.717) is 13.1 Å². The summed E-state index contributed by atoms with van der Waals surface area (Å²) in [4.78, 5) is 27.3. The fraction of sp³-hybridized carbons (Fsp3) is 0.444. The van der Waals surface area contributed by atoms with Gasteiger partial charge in [0.15, 0.2) is 5.82 Å². The molecule has 0 radical (unpaired) electrons. The molecule has 4 rings (SSSR count). The first kappa shape index (κ1) is 15.8. The van der Waals surface area contributed by atoms with Gasteiger partial charge in [0.1, 0.15) is 11.9 Å². The van der Waals surface area contributed by atoms with Gasteiger partial charge in [0.2, 0.25) is 11.8 Å². The third-order valence-electron chi connectivity index (χ3n) is 5.29. The molecule has 0 spiro atoms. The van der Waals surface area contributed by atoms with Gasteiger partial charge in [-0.2, -0.15) is 0 Å². The molecule has 130 valence electrons. The highest BCUT2D eigenvalue weighted by molar-refractivity contribution is 5.89. The smallest absolute Gasteiger partial charge is 0.244 e. The number of aryl methyl sites for hydroxylation is 1. The fourth-order valence-electron chi connectivity index (χ4n) is 3.90. The third kappa shape index (κ3) is 2.59. The van der Waals surface area contributed by atoms with Crippen LogP contribution in [-0.2, 0) is 35.5 Å².